The SMILES string of the molecule is CC(C)c1ccc(CN(CC2CCCCC2)S(=O)(=O)c2ccc(S(=O)(=O)N(Cc3ccc(Cl)cc3)C3CCCC3)cc2)cc1. The van der Waals surface area contributed by atoms with Gasteiger partial charge >= 0.3 is 0 Å². The van der Waals surface area contributed by atoms with Crippen molar-refractivity contribution in [1.29, 1.82) is 0 Å². The van der Waals surface area contributed by atoms with E-state index >= 15 is 0 Å². The molecule has 6 nitrogen and oxygen atoms in total. The van der Waals surface area contributed by atoms with Gasteiger partial charge in [0.25, 0.3) is 0 Å². The molecule has 0 amide bonds. The molecule has 3 aromatic rings. The van der Waals surface area contributed by atoms with Gasteiger partial charge < -0.3 is 0 Å². The Morgan fingerprint density at radius 1 is 0.659 bits per heavy atom. The van der Waals surface area contributed by atoms with E-state index in [0.717, 1.165) is 62.5 Å². The second-order valence-corrected chi connectivity index (χ2v) is 17.0. The fourth-order valence-electron chi connectivity index (χ4n) is 6.56. The Kier molecular flexibility index (Phi) is 10.9. The van der Waals surface area contributed by atoms with E-state index in [2.05, 4.69) is 26.0 Å². The summed E-state index contributed by atoms with van der Waals surface area (Å²) in [6, 6.07) is 21.2. The van der Waals surface area contributed by atoms with Crippen LogP contribution in [0.5, 0.6) is 0 Å². The lowest BCUT2D eigenvalue weighted by molar-refractivity contribution is 0.275. The molecule has 0 radical (unpaired) electrons. The highest BCUT2D eigenvalue weighted by atomic mass is 35.5. The van der Waals surface area contributed by atoms with Gasteiger partial charge in [-0.15, -0.1) is 0 Å². The van der Waals surface area contributed by atoms with Crippen LogP contribution in [0.2, 0.25) is 5.02 Å². The summed E-state index contributed by atoms with van der Waals surface area (Å²) in [6.07, 6.45) is 9.12. The van der Waals surface area contributed by atoms with Gasteiger partial charge in [0.05, 0.1) is 9.79 Å². The normalized spacial score (nSPS) is 17.2. The van der Waals surface area contributed by atoms with Crippen molar-refractivity contribution in [2.75, 3.05) is 6.54 Å². The molecule has 0 heterocycles. The Bertz CT molecular complexity index is 1580. The number of benzene rings is 3. The standard InChI is InChI=1S/C35H45ClN2O4S2/c1-27(2)31-16-12-29(13-17-31)25-37(24-28-8-4-3-5-9-28)43(39,40)34-20-22-35(23-21-34)44(41,42)38(33-10-6-7-11-33)26-30-14-18-32(36)19-15-30/h12-23,27-28,33H,3-11,24-26H2,1-2H3. The molecule has 2 saturated carbocycles. The van der Waals surface area contributed by atoms with Crippen molar-refractivity contribution in [3.8, 4) is 0 Å². The van der Waals surface area contributed by atoms with Crippen LogP contribution in [0.4, 0.5) is 0 Å². The van der Waals surface area contributed by atoms with Crippen LogP contribution in [-0.4, -0.2) is 38.0 Å². The molecule has 238 valence electrons. The van der Waals surface area contributed by atoms with E-state index in [4.69, 9.17) is 11.6 Å². The Labute approximate surface area is 269 Å². The lowest BCUT2D eigenvalue weighted by Gasteiger charge is -2.30. The fourth-order valence-corrected chi connectivity index (χ4v) is 9.86. The first-order valence-electron chi connectivity index (χ1n) is 16.0. The number of rotatable bonds is 12. The number of sulfonamides is 2. The smallest absolute Gasteiger partial charge is 0.207 e. The predicted molar refractivity (Wildman–Crippen MR) is 178 cm³/mol. The summed E-state index contributed by atoms with van der Waals surface area (Å²) in [7, 11) is -7.73. The van der Waals surface area contributed by atoms with Gasteiger partial charge in [-0.25, -0.2) is 16.8 Å². The van der Waals surface area contributed by atoms with Crippen LogP contribution in [-0.2, 0) is 33.1 Å². The summed E-state index contributed by atoms with van der Waals surface area (Å²) in [5.74, 6) is 0.720. The van der Waals surface area contributed by atoms with E-state index < -0.39 is 20.0 Å². The molecule has 0 saturated heterocycles. The van der Waals surface area contributed by atoms with Crippen LogP contribution in [0.3, 0.4) is 0 Å². The Morgan fingerprint density at radius 3 is 1.73 bits per heavy atom. The molecule has 9 heteroatoms. The second kappa shape index (κ2) is 14.5. The summed E-state index contributed by atoms with van der Waals surface area (Å²) < 4.78 is 59.4. The third-order valence-electron chi connectivity index (χ3n) is 9.24. The van der Waals surface area contributed by atoms with Crippen molar-refractivity contribution in [2.24, 2.45) is 5.92 Å². The lowest BCUT2D eigenvalue weighted by atomic mass is 9.89. The molecule has 2 aliphatic carbocycles. The van der Waals surface area contributed by atoms with E-state index in [1.54, 1.807) is 20.7 Å². The molecule has 0 N–H and O–H groups in total. The molecule has 0 atom stereocenters. The molecule has 3 aromatic carbocycles. The van der Waals surface area contributed by atoms with Crippen LogP contribution in [0.25, 0.3) is 0 Å². The highest BCUT2D eigenvalue weighted by Crippen LogP contribution is 2.32. The molecule has 2 fully saturated rings. The molecule has 0 unspecified atom stereocenters. The van der Waals surface area contributed by atoms with Gasteiger partial charge in [-0.3, -0.25) is 0 Å². The maximum Gasteiger partial charge on any atom is 0.243 e. The topological polar surface area (TPSA) is 74.8 Å². The fraction of sp³-hybridized carbons (Fsp3) is 0.486. The van der Waals surface area contributed by atoms with Crippen molar-refractivity contribution in [3.63, 3.8) is 0 Å². The molecule has 44 heavy (non-hydrogen) atoms. The maximum atomic E-state index is 14.1. The minimum absolute atomic E-state index is 0.0906. The molecule has 0 aliphatic heterocycles. The summed E-state index contributed by atoms with van der Waals surface area (Å²) in [5.41, 5.74) is 3.03. The second-order valence-electron chi connectivity index (χ2n) is 12.8. The quantitative estimate of drug-likeness (QED) is 0.196. The number of hydrogen-bond donors (Lipinski definition) is 0. The van der Waals surface area contributed by atoms with Gasteiger partial charge in [0.1, 0.15) is 0 Å². The summed E-state index contributed by atoms with van der Waals surface area (Å²) in [4.78, 5) is 0.233. The van der Waals surface area contributed by atoms with Crippen molar-refractivity contribution in [2.45, 2.75) is 106 Å². The zero-order valence-corrected chi connectivity index (χ0v) is 28.3. The van der Waals surface area contributed by atoms with Crippen molar-refractivity contribution in [3.05, 3.63) is 94.5 Å². The predicted octanol–water partition coefficient (Wildman–Crippen LogP) is 8.37. The van der Waals surface area contributed by atoms with Gasteiger partial charge in [0.15, 0.2) is 0 Å². The van der Waals surface area contributed by atoms with Crippen molar-refractivity contribution in [1.82, 2.24) is 8.61 Å². The zero-order valence-electron chi connectivity index (χ0n) is 25.9. The molecular weight excluding hydrogens is 612 g/mol. The van der Waals surface area contributed by atoms with Crippen LogP contribution in [0, 0.1) is 5.92 Å². The minimum Gasteiger partial charge on any atom is -0.207 e. The van der Waals surface area contributed by atoms with E-state index in [1.807, 2.05) is 24.3 Å². The highest BCUT2D eigenvalue weighted by Gasteiger charge is 2.34. The van der Waals surface area contributed by atoms with Crippen LogP contribution >= 0.6 is 11.6 Å². The largest absolute Gasteiger partial charge is 0.243 e. The first kappa shape index (κ1) is 33.1. The molecule has 0 spiro atoms. The van der Waals surface area contributed by atoms with E-state index in [0.29, 0.717) is 23.4 Å². The summed E-state index contributed by atoms with van der Waals surface area (Å²) >= 11 is 6.07. The van der Waals surface area contributed by atoms with Crippen molar-refractivity contribution >= 4 is 31.6 Å². The Balaban J connectivity index is 1.41. The van der Waals surface area contributed by atoms with E-state index in [9.17, 15) is 16.8 Å². The third kappa shape index (κ3) is 7.94. The minimum atomic E-state index is -3.87. The van der Waals surface area contributed by atoms with E-state index in [-0.39, 0.29) is 28.9 Å². The zero-order chi connectivity index (χ0) is 31.3. The Hall–Kier alpha value is -2.23. The number of halogens is 1. The van der Waals surface area contributed by atoms with Crippen LogP contribution in [0.15, 0.2) is 82.6 Å². The molecule has 5 rings (SSSR count). The van der Waals surface area contributed by atoms with Crippen LogP contribution < -0.4 is 0 Å². The maximum absolute atomic E-state index is 14.1. The van der Waals surface area contributed by atoms with Gasteiger partial charge in [0, 0.05) is 30.7 Å². The Morgan fingerprint density at radius 2 is 1.16 bits per heavy atom. The third-order valence-corrected chi connectivity index (χ3v) is 13.2. The average Bonchev–Trinajstić information content (AvgIpc) is 3.56. The average molecular weight is 657 g/mol. The van der Waals surface area contributed by atoms with E-state index in [1.165, 1.54) is 36.2 Å². The van der Waals surface area contributed by atoms with Crippen molar-refractivity contribution < 1.29 is 16.8 Å². The monoisotopic (exact) mass is 656 g/mol. The molecule has 0 aromatic heterocycles. The van der Waals surface area contributed by atoms with Gasteiger partial charge in [-0.2, -0.15) is 8.61 Å². The van der Waals surface area contributed by atoms with Gasteiger partial charge in [-0.05, 0) is 90.6 Å². The molecule has 0 bridgehead atoms. The number of hydrogen-bond acceptors (Lipinski definition) is 4. The summed E-state index contributed by atoms with van der Waals surface area (Å²) in [6.45, 7) is 5.28. The first-order chi connectivity index (χ1) is 21.0. The highest BCUT2D eigenvalue weighted by molar-refractivity contribution is 7.89. The lowest BCUT2D eigenvalue weighted by Crippen LogP contribution is -2.38. The molecular formula is C35H45ClN2O4S2. The summed E-state index contributed by atoms with van der Waals surface area (Å²) in [5, 5.41) is 0.603. The first-order valence-corrected chi connectivity index (χ1v) is 19.2. The van der Waals surface area contributed by atoms with Gasteiger partial charge in [0.2, 0.25) is 20.0 Å². The van der Waals surface area contributed by atoms with Gasteiger partial charge in [-0.1, -0.05) is 94.0 Å². The number of nitrogens with zero attached hydrogens (tertiary/aromatic N) is 2. The molecule has 2 aliphatic rings. The van der Waals surface area contributed by atoms with Crippen LogP contribution in [0.1, 0.15) is 94.2 Å².